The molecule has 19 heavy (non-hydrogen) atoms. The van der Waals surface area contributed by atoms with Crippen LogP contribution in [-0.4, -0.2) is 28.9 Å². The van der Waals surface area contributed by atoms with Gasteiger partial charge in [0.05, 0.1) is 10.4 Å². The second-order valence-corrected chi connectivity index (χ2v) is 6.91. The van der Waals surface area contributed by atoms with Crippen LogP contribution in [0.3, 0.4) is 0 Å². The number of fused-ring (bicyclic) bond motifs is 1. The number of anilines is 1. The van der Waals surface area contributed by atoms with Crippen LogP contribution in [0, 0.1) is 5.41 Å². The highest BCUT2D eigenvalue weighted by molar-refractivity contribution is 7.21. The highest BCUT2D eigenvalue weighted by atomic mass is 32.1. The van der Waals surface area contributed by atoms with Gasteiger partial charge in [0.1, 0.15) is 4.88 Å². The normalized spacial score (nSPS) is 18.1. The third-order valence-corrected chi connectivity index (χ3v) is 4.83. The lowest BCUT2D eigenvalue weighted by Crippen LogP contribution is -2.30. The third-order valence-electron chi connectivity index (χ3n) is 3.69. The maximum Gasteiger partial charge on any atom is 0.266 e. The first-order chi connectivity index (χ1) is 8.98. The predicted molar refractivity (Wildman–Crippen MR) is 78.3 cm³/mol. The molecule has 0 aromatic carbocycles. The first-order valence-electron chi connectivity index (χ1n) is 6.39. The average molecular weight is 275 g/mol. The van der Waals surface area contributed by atoms with Crippen molar-refractivity contribution in [1.29, 1.82) is 0 Å². The van der Waals surface area contributed by atoms with E-state index < -0.39 is 0 Å². The molecule has 3 heterocycles. The van der Waals surface area contributed by atoms with Gasteiger partial charge in [0.25, 0.3) is 5.91 Å². The summed E-state index contributed by atoms with van der Waals surface area (Å²) in [5, 5.41) is 0.932. The number of nitrogen functional groups attached to an aromatic ring is 1. The number of hydrogen-bond donors (Lipinski definition) is 1. The number of amides is 1. The van der Waals surface area contributed by atoms with Crippen LogP contribution >= 0.6 is 11.3 Å². The molecule has 0 bridgehead atoms. The molecule has 0 saturated carbocycles. The molecule has 2 aromatic heterocycles. The molecule has 0 spiro atoms. The van der Waals surface area contributed by atoms with Gasteiger partial charge in [-0.1, -0.05) is 13.8 Å². The van der Waals surface area contributed by atoms with Crippen LogP contribution in [0.15, 0.2) is 18.5 Å². The standard InChI is InChI=1S/C14H17N3OS/c1-14(2)4-6-17(8-14)13(18)12-11(15)9-3-5-16-7-10(9)19-12/h3,5,7H,4,6,8,15H2,1-2H3. The maximum atomic E-state index is 12.6. The van der Waals surface area contributed by atoms with E-state index >= 15 is 0 Å². The summed E-state index contributed by atoms with van der Waals surface area (Å²) in [5.41, 5.74) is 6.92. The molecule has 5 heteroatoms. The molecule has 0 unspecified atom stereocenters. The molecule has 1 amide bonds. The Morgan fingerprint density at radius 1 is 1.53 bits per heavy atom. The van der Waals surface area contributed by atoms with E-state index in [0.717, 1.165) is 29.6 Å². The Labute approximate surface area is 116 Å². The Kier molecular flexibility index (Phi) is 2.74. The number of carbonyl (C=O) groups excluding carboxylic acids is 1. The van der Waals surface area contributed by atoms with Gasteiger partial charge in [-0.3, -0.25) is 9.78 Å². The van der Waals surface area contributed by atoms with E-state index in [4.69, 9.17) is 5.73 Å². The summed E-state index contributed by atoms with van der Waals surface area (Å²) in [7, 11) is 0. The van der Waals surface area contributed by atoms with Gasteiger partial charge in [-0.05, 0) is 17.9 Å². The predicted octanol–water partition coefficient (Wildman–Crippen LogP) is 2.75. The molecule has 4 nitrogen and oxygen atoms in total. The van der Waals surface area contributed by atoms with E-state index in [1.807, 2.05) is 11.0 Å². The van der Waals surface area contributed by atoms with Gasteiger partial charge in [-0.25, -0.2) is 0 Å². The second kappa shape index (κ2) is 4.20. The summed E-state index contributed by atoms with van der Waals surface area (Å²) in [5.74, 6) is 0.0595. The van der Waals surface area contributed by atoms with Crippen LogP contribution in [-0.2, 0) is 0 Å². The molecule has 2 N–H and O–H groups in total. The van der Waals surface area contributed by atoms with E-state index in [0.29, 0.717) is 10.6 Å². The molecule has 1 saturated heterocycles. The van der Waals surface area contributed by atoms with Gasteiger partial charge in [-0.2, -0.15) is 0 Å². The minimum Gasteiger partial charge on any atom is -0.397 e. The lowest BCUT2D eigenvalue weighted by Gasteiger charge is -2.19. The topological polar surface area (TPSA) is 59.2 Å². The number of pyridine rings is 1. The molecule has 3 rings (SSSR count). The van der Waals surface area contributed by atoms with Crippen molar-refractivity contribution in [2.75, 3.05) is 18.8 Å². The number of likely N-dealkylation sites (tertiary alicyclic amines) is 1. The first kappa shape index (κ1) is 12.4. The zero-order valence-corrected chi connectivity index (χ0v) is 12.0. The number of carbonyl (C=O) groups is 1. The minimum atomic E-state index is 0.0595. The zero-order valence-electron chi connectivity index (χ0n) is 11.1. The van der Waals surface area contributed by atoms with Gasteiger partial charge in [0.2, 0.25) is 0 Å². The second-order valence-electron chi connectivity index (χ2n) is 5.86. The first-order valence-corrected chi connectivity index (χ1v) is 7.21. The lowest BCUT2D eigenvalue weighted by atomic mass is 9.93. The quantitative estimate of drug-likeness (QED) is 0.870. The third kappa shape index (κ3) is 2.08. The summed E-state index contributed by atoms with van der Waals surface area (Å²) in [4.78, 5) is 19.2. The largest absolute Gasteiger partial charge is 0.397 e. The van der Waals surface area contributed by atoms with Crippen molar-refractivity contribution in [3.8, 4) is 0 Å². The molecule has 1 aliphatic rings. The smallest absolute Gasteiger partial charge is 0.266 e. The fourth-order valence-corrected chi connectivity index (χ4v) is 3.62. The molecule has 2 aromatic rings. The van der Waals surface area contributed by atoms with E-state index in [-0.39, 0.29) is 11.3 Å². The number of hydrogen-bond acceptors (Lipinski definition) is 4. The van der Waals surface area contributed by atoms with E-state index in [1.165, 1.54) is 11.3 Å². The minimum absolute atomic E-state index is 0.0595. The van der Waals surface area contributed by atoms with Gasteiger partial charge in [0.15, 0.2) is 0 Å². The van der Waals surface area contributed by atoms with Crippen LogP contribution in [0.4, 0.5) is 5.69 Å². The number of rotatable bonds is 1. The van der Waals surface area contributed by atoms with Crippen LogP contribution in [0.5, 0.6) is 0 Å². The summed E-state index contributed by atoms with van der Waals surface area (Å²) < 4.78 is 0.974. The maximum absolute atomic E-state index is 12.6. The summed E-state index contributed by atoms with van der Waals surface area (Å²) in [6.07, 6.45) is 4.52. The highest BCUT2D eigenvalue weighted by Gasteiger charge is 2.33. The monoisotopic (exact) mass is 275 g/mol. The fraction of sp³-hybridized carbons (Fsp3) is 0.429. The van der Waals surface area contributed by atoms with Crippen LogP contribution in [0.2, 0.25) is 0 Å². The molecule has 0 atom stereocenters. The van der Waals surface area contributed by atoms with Gasteiger partial charge >= 0.3 is 0 Å². The summed E-state index contributed by atoms with van der Waals surface area (Å²) in [6, 6.07) is 1.87. The average Bonchev–Trinajstić information content (AvgIpc) is 2.90. The molecule has 1 aliphatic heterocycles. The Morgan fingerprint density at radius 2 is 2.32 bits per heavy atom. The van der Waals surface area contributed by atoms with Crippen molar-refractivity contribution in [2.45, 2.75) is 20.3 Å². The van der Waals surface area contributed by atoms with E-state index in [1.54, 1.807) is 12.4 Å². The Hall–Kier alpha value is -1.62. The van der Waals surface area contributed by atoms with Crippen LogP contribution in [0.25, 0.3) is 10.1 Å². The van der Waals surface area contributed by atoms with Gasteiger partial charge in [0, 0.05) is 30.9 Å². The molecular formula is C14H17N3OS. The Balaban J connectivity index is 1.96. The lowest BCUT2D eigenvalue weighted by molar-refractivity contribution is 0.0784. The van der Waals surface area contributed by atoms with E-state index in [2.05, 4.69) is 18.8 Å². The van der Waals surface area contributed by atoms with Gasteiger partial charge < -0.3 is 10.6 Å². The number of thiophene rings is 1. The van der Waals surface area contributed by atoms with Crippen LogP contribution < -0.4 is 5.73 Å². The van der Waals surface area contributed by atoms with E-state index in [9.17, 15) is 4.79 Å². The Bertz CT molecular complexity index is 647. The summed E-state index contributed by atoms with van der Waals surface area (Å²) >= 11 is 1.44. The number of aromatic nitrogens is 1. The number of nitrogens with two attached hydrogens (primary N) is 1. The molecule has 100 valence electrons. The van der Waals surface area contributed by atoms with Crippen molar-refractivity contribution >= 4 is 33.0 Å². The Morgan fingerprint density at radius 3 is 2.95 bits per heavy atom. The molecular weight excluding hydrogens is 258 g/mol. The number of nitrogens with zero attached hydrogens (tertiary/aromatic N) is 2. The molecule has 0 aliphatic carbocycles. The van der Waals surface area contributed by atoms with Crippen molar-refractivity contribution in [1.82, 2.24) is 9.88 Å². The van der Waals surface area contributed by atoms with Crippen molar-refractivity contribution in [2.24, 2.45) is 5.41 Å². The van der Waals surface area contributed by atoms with Crippen molar-refractivity contribution in [3.05, 3.63) is 23.3 Å². The SMILES string of the molecule is CC1(C)CCN(C(=O)c2sc3cnccc3c2N)C1. The van der Waals surface area contributed by atoms with Gasteiger partial charge in [-0.15, -0.1) is 11.3 Å². The fourth-order valence-electron chi connectivity index (χ4n) is 2.56. The molecule has 1 fully saturated rings. The zero-order chi connectivity index (χ0) is 13.6. The van der Waals surface area contributed by atoms with Crippen molar-refractivity contribution in [3.63, 3.8) is 0 Å². The van der Waals surface area contributed by atoms with Crippen molar-refractivity contribution < 1.29 is 4.79 Å². The van der Waals surface area contributed by atoms with Crippen LogP contribution in [0.1, 0.15) is 29.9 Å². The highest BCUT2D eigenvalue weighted by Crippen LogP contribution is 2.36. The summed E-state index contributed by atoms with van der Waals surface area (Å²) in [6.45, 7) is 6.01. The molecule has 0 radical (unpaired) electrons.